The van der Waals surface area contributed by atoms with E-state index < -0.39 is 10.0 Å². The van der Waals surface area contributed by atoms with Crippen LogP contribution in [0.25, 0.3) is 11.4 Å². The molecular formula is C22H19FN4O3S. The molecular weight excluding hydrogens is 419 g/mol. The first-order valence-corrected chi connectivity index (χ1v) is 10.8. The molecule has 1 heterocycles. The van der Waals surface area contributed by atoms with Crippen molar-refractivity contribution in [2.24, 2.45) is 0 Å². The predicted octanol–water partition coefficient (Wildman–Crippen LogP) is 3.94. The zero-order valence-corrected chi connectivity index (χ0v) is 17.4. The molecule has 0 saturated heterocycles. The van der Waals surface area contributed by atoms with Gasteiger partial charge in [-0.15, -0.1) is 9.19 Å². The van der Waals surface area contributed by atoms with Crippen molar-refractivity contribution in [3.63, 3.8) is 0 Å². The summed E-state index contributed by atoms with van der Waals surface area (Å²) in [6.07, 6.45) is 0. The first-order chi connectivity index (χ1) is 15.0. The molecule has 0 atom stereocenters. The van der Waals surface area contributed by atoms with E-state index >= 15 is 0 Å². The third kappa shape index (κ3) is 4.41. The standard InChI is InChI=1S/C22H19FN4O3S/c1-30-19-13-9-17(10-14-19)21-25-22(24-15-16-7-11-18(23)12-8-16)27(26-21)31(28,29)20-5-3-2-4-6-20/h2-14H,15H2,1H3,(H,24,25,26). The summed E-state index contributed by atoms with van der Waals surface area (Å²) in [6, 6.07) is 20.9. The Kier molecular flexibility index (Phi) is 5.68. The highest BCUT2D eigenvalue weighted by molar-refractivity contribution is 7.90. The molecule has 1 aromatic heterocycles. The molecule has 9 heteroatoms. The zero-order chi connectivity index (χ0) is 21.8. The lowest BCUT2D eigenvalue weighted by Crippen LogP contribution is -2.18. The van der Waals surface area contributed by atoms with Crippen LogP contribution in [0.2, 0.25) is 0 Å². The molecule has 0 aliphatic carbocycles. The molecule has 3 aromatic carbocycles. The Balaban J connectivity index is 1.73. The van der Waals surface area contributed by atoms with E-state index in [1.807, 2.05) is 0 Å². The number of ether oxygens (including phenoxy) is 1. The maximum atomic E-state index is 13.2. The van der Waals surface area contributed by atoms with Crippen molar-refractivity contribution in [2.45, 2.75) is 11.4 Å². The average molecular weight is 438 g/mol. The van der Waals surface area contributed by atoms with Crippen LogP contribution in [-0.2, 0) is 16.6 Å². The van der Waals surface area contributed by atoms with Gasteiger partial charge in [0.2, 0.25) is 5.95 Å². The minimum atomic E-state index is -3.98. The summed E-state index contributed by atoms with van der Waals surface area (Å²) in [5, 5.41) is 7.27. The molecule has 0 spiro atoms. The van der Waals surface area contributed by atoms with Crippen LogP contribution in [0.3, 0.4) is 0 Å². The topological polar surface area (TPSA) is 86.1 Å². The quantitative estimate of drug-likeness (QED) is 0.470. The summed E-state index contributed by atoms with van der Waals surface area (Å²) in [5.74, 6) is 0.609. The molecule has 0 unspecified atom stereocenters. The molecule has 31 heavy (non-hydrogen) atoms. The number of nitrogens with zero attached hydrogens (tertiary/aromatic N) is 3. The van der Waals surface area contributed by atoms with E-state index in [9.17, 15) is 12.8 Å². The fourth-order valence-electron chi connectivity index (χ4n) is 2.91. The van der Waals surface area contributed by atoms with E-state index in [-0.39, 0.29) is 29.0 Å². The number of benzene rings is 3. The lowest BCUT2D eigenvalue weighted by atomic mass is 10.2. The van der Waals surface area contributed by atoms with Crippen molar-refractivity contribution < 1.29 is 17.5 Å². The fourth-order valence-corrected chi connectivity index (χ4v) is 4.13. The number of hydrogen-bond donors (Lipinski definition) is 1. The van der Waals surface area contributed by atoms with Gasteiger partial charge in [-0.1, -0.05) is 30.3 Å². The molecule has 0 amide bonds. The Morgan fingerprint density at radius 3 is 2.29 bits per heavy atom. The largest absolute Gasteiger partial charge is 0.497 e. The average Bonchev–Trinajstić information content (AvgIpc) is 3.24. The summed E-state index contributed by atoms with van der Waals surface area (Å²) in [4.78, 5) is 4.50. The molecule has 4 rings (SSSR count). The highest BCUT2D eigenvalue weighted by Crippen LogP contribution is 2.24. The highest BCUT2D eigenvalue weighted by Gasteiger charge is 2.24. The Bertz CT molecular complexity index is 1270. The monoisotopic (exact) mass is 438 g/mol. The van der Waals surface area contributed by atoms with Crippen molar-refractivity contribution in [1.29, 1.82) is 0 Å². The van der Waals surface area contributed by atoms with Crippen molar-refractivity contribution >= 4 is 16.0 Å². The van der Waals surface area contributed by atoms with E-state index in [4.69, 9.17) is 4.74 Å². The first kappa shape index (κ1) is 20.5. The van der Waals surface area contributed by atoms with Crippen LogP contribution in [-0.4, -0.2) is 29.7 Å². The van der Waals surface area contributed by atoms with Crippen molar-refractivity contribution in [3.05, 3.63) is 90.2 Å². The van der Waals surface area contributed by atoms with Crippen LogP contribution in [0.5, 0.6) is 5.75 Å². The van der Waals surface area contributed by atoms with E-state index in [0.29, 0.717) is 11.3 Å². The Morgan fingerprint density at radius 1 is 0.968 bits per heavy atom. The maximum absolute atomic E-state index is 13.2. The minimum absolute atomic E-state index is 0.0546. The van der Waals surface area contributed by atoms with E-state index in [2.05, 4.69) is 15.4 Å². The number of rotatable bonds is 7. The number of hydrogen-bond acceptors (Lipinski definition) is 6. The Morgan fingerprint density at radius 2 is 1.65 bits per heavy atom. The van der Waals surface area contributed by atoms with Crippen molar-refractivity contribution in [1.82, 2.24) is 14.2 Å². The lowest BCUT2D eigenvalue weighted by molar-refractivity contribution is 0.415. The lowest BCUT2D eigenvalue weighted by Gasteiger charge is -2.09. The van der Waals surface area contributed by atoms with Gasteiger partial charge in [0, 0.05) is 12.1 Å². The second-order valence-electron chi connectivity index (χ2n) is 6.63. The van der Waals surface area contributed by atoms with Gasteiger partial charge in [0.1, 0.15) is 11.6 Å². The molecule has 7 nitrogen and oxygen atoms in total. The van der Waals surface area contributed by atoms with Gasteiger partial charge >= 0.3 is 0 Å². The van der Waals surface area contributed by atoms with Crippen LogP contribution < -0.4 is 10.1 Å². The predicted molar refractivity (Wildman–Crippen MR) is 115 cm³/mol. The molecule has 0 fully saturated rings. The smallest absolute Gasteiger partial charge is 0.286 e. The molecule has 0 saturated carbocycles. The van der Waals surface area contributed by atoms with Gasteiger partial charge in [0.15, 0.2) is 5.82 Å². The van der Waals surface area contributed by atoms with Gasteiger partial charge in [-0.05, 0) is 54.1 Å². The van der Waals surface area contributed by atoms with Crippen molar-refractivity contribution in [3.8, 4) is 17.1 Å². The summed E-state index contributed by atoms with van der Waals surface area (Å²) >= 11 is 0. The van der Waals surface area contributed by atoms with Gasteiger partial charge in [-0.2, -0.15) is 13.4 Å². The van der Waals surface area contributed by atoms with Crippen molar-refractivity contribution in [2.75, 3.05) is 12.4 Å². The first-order valence-electron chi connectivity index (χ1n) is 9.38. The fraction of sp³-hybridized carbons (Fsp3) is 0.0909. The van der Waals surface area contributed by atoms with Gasteiger partial charge < -0.3 is 10.1 Å². The van der Waals surface area contributed by atoms with Crippen LogP contribution in [0.4, 0.5) is 10.3 Å². The normalized spacial score (nSPS) is 11.3. The molecule has 0 radical (unpaired) electrons. The number of aromatic nitrogens is 3. The van der Waals surface area contributed by atoms with E-state index in [1.54, 1.807) is 61.7 Å². The summed E-state index contributed by atoms with van der Waals surface area (Å²) in [6.45, 7) is 0.241. The molecule has 4 aromatic rings. The van der Waals surface area contributed by atoms with E-state index in [0.717, 1.165) is 9.65 Å². The summed E-state index contributed by atoms with van der Waals surface area (Å²) < 4.78 is 45.6. The van der Waals surface area contributed by atoms with Crippen LogP contribution in [0.1, 0.15) is 5.56 Å². The Hall–Kier alpha value is -3.72. The second kappa shape index (κ2) is 8.57. The number of anilines is 1. The highest BCUT2D eigenvalue weighted by atomic mass is 32.2. The number of halogens is 1. The zero-order valence-electron chi connectivity index (χ0n) is 16.6. The maximum Gasteiger partial charge on any atom is 0.286 e. The minimum Gasteiger partial charge on any atom is -0.497 e. The molecule has 1 N–H and O–H groups in total. The summed E-state index contributed by atoms with van der Waals surface area (Å²) in [5.41, 5.74) is 1.40. The number of nitrogens with one attached hydrogen (secondary N) is 1. The van der Waals surface area contributed by atoms with Gasteiger partial charge in [0.05, 0.1) is 12.0 Å². The summed E-state index contributed by atoms with van der Waals surface area (Å²) in [7, 11) is -2.42. The van der Waals surface area contributed by atoms with Crippen LogP contribution in [0.15, 0.2) is 83.8 Å². The molecule has 158 valence electrons. The SMILES string of the molecule is COc1ccc(-c2nc(NCc3ccc(F)cc3)n(S(=O)(=O)c3ccccc3)n2)cc1. The number of methoxy groups -OCH3 is 1. The molecule has 0 aliphatic heterocycles. The Labute approximate surface area is 179 Å². The second-order valence-corrected chi connectivity index (χ2v) is 8.40. The van der Waals surface area contributed by atoms with Crippen LogP contribution >= 0.6 is 0 Å². The van der Waals surface area contributed by atoms with Crippen LogP contribution in [0, 0.1) is 5.82 Å². The van der Waals surface area contributed by atoms with Gasteiger partial charge in [0.25, 0.3) is 10.0 Å². The third-order valence-electron chi connectivity index (χ3n) is 4.56. The van der Waals surface area contributed by atoms with Gasteiger partial charge in [-0.25, -0.2) is 4.39 Å². The molecule has 0 aliphatic rings. The molecule has 0 bridgehead atoms. The third-order valence-corrected chi connectivity index (χ3v) is 6.14. The van der Waals surface area contributed by atoms with E-state index in [1.165, 1.54) is 24.3 Å². The van der Waals surface area contributed by atoms with Gasteiger partial charge in [-0.3, -0.25) is 0 Å².